The van der Waals surface area contributed by atoms with Gasteiger partial charge >= 0.3 is 0 Å². The second kappa shape index (κ2) is 7.26. The summed E-state index contributed by atoms with van der Waals surface area (Å²) in [6, 6.07) is 8.12. The Labute approximate surface area is 119 Å². The van der Waals surface area contributed by atoms with Crippen LogP contribution in [0.5, 0.6) is 5.75 Å². The highest BCUT2D eigenvalue weighted by atomic mass is 16.5. The number of carbonyl (C=O) groups is 1. The van der Waals surface area contributed by atoms with E-state index in [4.69, 9.17) is 9.84 Å². The fraction of sp³-hybridized carbons (Fsp3) is 0.533. The molecule has 0 heterocycles. The highest BCUT2D eigenvalue weighted by molar-refractivity contribution is 5.78. The van der Waals surface area contributed by atoms with Crippen molar-refractivity contribution in [1.29, 1.82) is 0 Å². The number of rotatable bonds is 8. The van der Waals surface area contributed by atoms with E-state index in [9.17, 15) is 4.79 Å². The van der Waals surface area contributed by atoms with Crippen molar-refractivity contribution in [2.75, 3.05) is 26.8 Å². The molecule has 1 fully saturated rings. The minimum absolute atomic E-state index is 0.0210. The summed E-state index contributed by atoms with van der Waals surface area (Å²) in [5.74, 6) is 0.730. The van der Waals surface area contributed by atoms with Gasteiger partial charge in [-0.15, -0.1) is 0 Å². The van der Waals surface area contributed by atoms with Gasteiger partial charge in [0.05, 0.1) is 13.2 Å². The highest BCUT2D eigenvalue weighted by Gasteiger charge is 2.27. The lowest BCUT2D eigenvalue weighted by Crippen LogP contribution is -2.35. The molecule has 5 nitrogen and oxygen atoms in total. The Kier molecular flexibility index (Phi) is 5.38. The van der Waals surface area contributed by atoms with Crippen LogP contribution >= 0.6 is 0 Å². The number of hydrogen-bond acceptors (Lipinski definition) is 4. The standard InChI is InChI=1S/C15H22N2O3/c1-17(13-6-7-13)11-15(19)16-10-12-4-2-3-5-14(12)20-9-8-18/h2-5,13,18H,6-11H2,1H3,(H,16,19). The largest absolute Gasteiger partial charge is 0.491 e. The van der Waals surface area contributed by atoms with Gasteiger partial charge in [0.1, 0.15) is 12.4 Å². The Bertz CT molecular complexity index is 446. The SMILES string of the molecule is CN(CC(=O)NCc1ccccc1OCCO)C1CC1. The van der Waals surface area contributed by atoms with Gasteiger partial charge in [0.2, 0.25) is 5.91 Å². The molecule has 1 aromatic rings. The lowest BCUT2D eigenvalue weighted by molar-refractivity contribution is -0.122. The van der Waals surface area contributed by atoms with Gasteiger partial charge in [0.25, 0.3) is 0 Å². The maximum absolute atomic E-state index is 11.9. The molecule has 0 radical (unpaired) electrons. The van der Waals surface area contributed by atoms with Crippen LogP contribution in [-0.2, 0) is 11.3 Å². The summed E-state index contributed by atoms with van der Waals surface area (Å²) < 4.78 is 5.44. The van der Waals surface area contributed by atoms with Crippen molar-refractivity contribution < 1.29 is 14.6 Å². The van der Waals surface area contributed by atoms with Gasteiger partial charge < -0.3 is 15.2 Å². The minimum atomic E-state index is -0.0210. The Hall–Kier alpha value is -1.59. The zero-order valence-corrected chi connectivity index (χ0v) is 11.8. The van der Waals surface area contributed by atoms with E-state index in [1.807, 2.05) is 31.3 Å². The Morgan fingerprint density at radius 3 is 2.90 bits per heavy atom. The third kappa shape index (κ3) is 4.51. The number of para-hydroxylation sites is 1. The number of likely N-dealkylation sites (N-methyl/N-ethyl adjacent to an activating group) is 1. The molecule has 5 heteroatoms. The van der Waals surface area contributed by atoms with Gasteiger partial charge in [-0.05, 0) is 26.0 Å². The molecule has 2 rings (SSSR count). The Morgan fingerprint density at radius 2 is 2.20 bits per heavy atom. The zero-order chi connectivity index (χ0) is 14.4. The first-order valence-corrected chi connectivity index (χ1v) is 6.99. The zero-order valence-electron chi connectivity index (χ0n) is 11.8. The van der Waals surface area contributed by atoms with Gasteiger partial charge in [0.15, 0.2) is 0 Å². The quantitative estimate of drug-likeness (QED) is 0.737. The predicted octanol–water partition coefficient (Wildman–Crippen LogP) is 0.768. The normalized spacial score (nSPS) is 14.3. The van der Waals surface area contributed by atoms with E-state index >= 15 is 0 Å². The van der Waals surface area contributed by atoms with Crippen LogP contribution in [0.1, 0.15) is 18.4 Å². The molecule has 0 aliphatic heterocycles. The third-order valence-electron chi connectivity index (χ3n) is 3.36. The van der Waals surface area contributed by atoms with E-state index in [2.05, 4.69) is 10.2 Å². The summed E-state index contributed by atoms with van der Waals surface area (Å²) in [4.78, 5) is 13.9. The molecule has 1 aliphatic carbocycles. The summed E-state index contributed by atoms with van der Waals surface area (Å²) in [6.45, 7) is 1.12. The topological polar surface area (TPSA) is 61.8 Å². The second-order valence-electron chi connectivity index (χ2n) is 5.10. The molecule has 110 valence electrons. The Morgan fingerprint density at radius 1 is 1.45 bits per heavy atom. The van der Waals surface area contributed by atoms with Gasteiger partial charge in [-0.3, -0.25) is 9.69 Å². The van der Waals surface area contributed by atoms with Crippen molar-refractivity contribution in [3.05, 3.63) is 29.8 Å². The number of aliphatic hydroxyl groups excluding tert-OH is 1. The summed E-state index contributed by atoms with van der Waals surface area (Å²) in [5.41, 5.74) is 0.920. The molecule has 20 heavy (non-hydrogen) atoms. The van der Waals surface area contributed by atoms with Gasteiger partial charge in [-0.1, -0.05) is 18.2 Å². The number of aliphatic hydroxyl groups is 1. The van der Waals surface area contributed by atoms with Crippen molar-refractivity contribution >= 4 is 5.91 Å². The van der Waals surface area contributed by atoms with E-state index in [0.29, 0.717) is 24.9 Å². The summed E-state index contributed by atoms with van der Waals surface area (Å²) in [7, 11) is 1.98. The van der Waals surface area contributed by atoms with E-state index in [1.54, 1.807) is 0 Å². The Balaban J connectivity index is 1.81. The van der Waals surface area contributed by atoms with Crippen molar-refractivity contribution in [2.24, 2.45) is 0 Å². The molecule has 0 saturated heterocycles. The van der Waals surface area contributed by atoms with E-state index < -0.39 is 0 Å². The van der Waals surface area contributed by atoms with Crippen LogP contribution in [0.25, 0.3) is 0 Å². The van der Waals surface area contributed by atoms with E-state index in [-0.39, 0.29) is 19.1 Å². The minimum Gasteiger partial charge on any atom is -0.491 e. The van der Waals surface area contributed by atoms with Gasteiger partial charge in [0, 0.05) is 18.2 Å². The number of amides is 1. The van der Waals surface area contributed by atoms with Crippen LogP contribution in [0.4, 0.5) is 0 Å². The van der Waals surface area contributed by atoms with Gasteiger partial charge in [-0.25, -0.2) is 0 Å². The summed E-state index contributed by atoms with van der Waals surface area (Å²) in [5, 5.41) is 11.7. The number of carbonyl (C=O) groups excluding carboxylic acids is 1. The van der Waals surface area contributed by atoms with Gasteiger partial charge in [-0.2, -0.15) is 0 Å². The van der Waals surface area contributed by atoms with Crippen LogP contribution in [0.2, 0.25) is 0 Å². The summed E-state index contributed by atoms with van der Waals surface area (Å²) >= 11 is 0. The van der Waals surface area contributed by atoms with Crippen LogP contribution in [0.15, 0.2) is 24.3 Å². The maximum atomic E-state index is 11.9. The molecule has 1 aromatic carbocycles. The predicted molar refractivity (Wildman–Crippen MR) is 76.5 cm³/mol. The lowest BCUT2D eigenvalue weighted by atomic mass is 10.2. The van der Waals surface area contributed by atoms with Crippen LogP contribution in [-0.4, -0.2) is 48.8 Å². The molecule has 0 aromatic heterocycles. The molecular formula is C15H22N2O3. The average Bonchev–Trinajstić information content (AvgIpc) is 3.28. The third-order valence-corrected chi connectivity index (χ3v) is 3.36. The fourth-order valence-electron chi connectivity index (χ4n) is 2.07. The molecule has 1 aliphatic rings. The van der Waals surface area contributed by atoms with E-state index in [0.717, 1.165) is 5.56 Å². The first kappa shape index (κ1) is 14.8. The molecule has 0 unspecified atom stereocenters. The number of nitrogens with zero attached hydrogens (tertiary/aromatic N) is 1. The molecule has 0 spiro atoms. The number of hydrogen-bond donors (Lipinski definition) is 2. The van der Waals surface area contributed by atoms with Crippen LogP contribution < -0.4 is 10.1 Å². The highest BCUT2D eigenvalue weighted by Crippen LogP contribution is 2.24. The number of ether oxygens (including phenoxy) is 1. The first-order valence-electron chi connectivity index (χ1n) is 6.99. The first-order chi connectivity index (χ1) is 9.70. The molecule has 1 amide bonds. The molecule has 0 atom stereocenters. The summed E-state index contributed by atoms with van der Waals surface area (Å²) in [6.07, 6.45) is 2.39. The molecular weight excluding hydrogens is 256 g/mol. The molecule has 2 N–H and O–H groups in total. The average molecular weight is 278 g/mol. The monoisotopic (exact) mass is 278 g/mol. The number of benzene rings is 1. The van der Waals surface area contributed by atoms with Crippen molar-refractivity contribution in [3.63, 3.8) is 0 Å². The fourth-order valence-corrected chi connectivity index (χ4v) is 2.07. The molecule has 1 saturated carbocycles. The lowest BCUT2D eigenvalue weighted by Gasteiger charge is -2.16. The van der Waals surface area contributed by atoms with Crippen LogP contribution in [0.3, 0.4) is 0 Å². The van der Waals surface area contributed by atoms with Crippen molar-refractivity contribution in [1.82, 2.24) is 10.2 Å². The van der Waals surface area contributed by atoms with Crippen LogP contribution in [0, 0.1) is 0 Å². The maximum Gasteiger partial charge on any atom is 0.234 e. The second-order valence-corrected chi connectivity index (χ2v) is 5.10. The van der Waals surface area contributed by atoms with Crippen molar-refractivity contribution in [2.45, 2.75) is 25.4 Å². The smallest absolute Gasteiger partial charge is 0.234 e. The van der Waals surface area contributed by atoms with Crippen molar-refractivity contribution in [3.8, 4) is 5.75 Å². The van der Waals surface area contributed by atoms with E-state index in [1.165, 1.54) is 12.8 Å². The number of nitrogens with one attached hydrogen (secondary N) is 1. The molecule has 0 bridgehead atoms.